The average Bonchev–Trinajstić information content (AvgIpc) is 2.68. The molecule has 0 saturated carbocycles. The lowest BCUT2D eigenvalue weighted by Crippen LogP contribution is -2.52. The highest BCUT2D eigenvalue weighted by molar-refractivity contribution is 6.37. The van der Waals surface area contributed by atoms with Gasteiger partial charge >= 0.3 is 6.03 Å². The third-order valence-electron chi connectivity index (χ3n) is 4.20. The molecule has 1 fully saturated rings. The number of hydrogen-bond donors (Lipinski definition) is 1. The predicted molar refractivity (Wildman–Crippen MR) is 106 cm³/mol. The Hall–Kier alpha value is -2.44. The van der Waals surface area contributed by atoms with Crippen LogP contribution in [0.2, 0.25) is 10.0 Å². The van der Waals surface area contributed by atoms with Gasteiger partial charge in [-0.15, -0.1) is 0 Å². The van der Waals surface area contributed by atoms with E-state index in [1.165, 1.54) is 0 Å². The van der Waals surface area contributed by atoms with Gasteiger partial charge < -0.3 is 19.9 Å². The van der Waals surface area contributed by atoms with Gasteiger partial charge in [0, 0.05) is 31.9 Å². The number of nitrogens with zero attached hydrogens (tertiary/aromatic N) is 2. The molecular formula is C19H19Cl2N3O3. The van der Waals surface area contributed by atoms with Crippen molar-refractivity contribution in [1.82, 2.24) is 9.80 Å². The molecule has 27 heavy (non-hydrogen) atoms. The van der Waals surface area contributed by atoms with E-state index in [2.05, 4.69) is 5.32 Å². The van der Waals surface area contributed by atoms with E-state index < -0.39 is 0 Å². The van der Waals surface area contributed by atoms with E-state index in [9.17, 15) is 9.59 Å². The summed E-state index contributed by atoms with van der Waals surface area (Å²) < 4.78 is 5.49. The first-order valence-electron chi connectivity index (χ1n) is 8.50. The van der Waals surface area contributed by atoms with E-state index in [0.717, 1.165) is 5.69 Å². The van der Waals surface area contributed by atoms with Crippen molar-refractivity contribution in [2.24, 2.45) is 0 Å². The van der Waals surface area contributed by atoms with Crippen LogP contribution in [0, 0.1) is 0 Å². The first-order valence-corrected chi connectivity index (χ1v) is 9.26. The Morgan fingerprint density at radius 3 is 2.11 bits per heavy atom. The maximum Gasteiger partial charge on any atom is 0.321 e. The van der Waals surface area contributed by atoms with E-state index in [1.807, 2.05) is 30.3 Å². The summed E-state index contributed by atoms with van der Waals surface area (Å²) in [5, 5.41) is 3.56. The highest BCUT2D eigenvalue weighted by Crippen LogP contribution is 2.32. The molecule has 0 unspecified atom stereocenters. The number of piperazine rings is 1. The van der Waals surface area contributed by atoms with Crippen molar-refractivity contribution in [3.63, 3.8) is 0 Å². The molecular weight excluding hydrogens is 389 g/mol. The molecule has 1 heterocycles. The summed E-state index contributed by atoms with van der Waals surface area (Å²) in [6.45, 7) is 1.65. The van der Waals surface area contributed by atoms with Crippen LogP contribution in [-0.2, 0) is 4.79 Å². The Kier molecular flexibility index (Phi) is 6.42. The fourth-order valence-electron chi connectivity index (χ4n) is 2.73. The summed E-state index contributed by atoms with van der Waals surface area (Å²) in [5.41, 5.74) is 0.742. The summed E-state index contributed by atoms with van der Waals surface area (Å²) in [4.78, 5) is 28.0. The maximum absolute atomic E-state index is 12.4. The van der Waals surface area contributed by atoms with Crippen LogP contribution in [0.15, 0.2) is 48.5 Å². The van der Waals surface area contributed by atoms with Crippen LogP contribution in [0.25, 0.3) is 0 Å². The molecule has 0 aliphatic carbocycles. The molecule has 6 nitrogen and oxygen atoms in total. The Labute approximate surface area is 167 Å². The minimum Gasteiger partial charge on any atom is -0.481 e. The number of nitrogens with one attached hydrogen (secondary N) is 1. The summed E-state index contributed by atoms with van der Waals surface area (Å²) in [5.74, 6) is 0.129. The van der Waals surface area contributed by atoms with Crippen LogP contribution < -0.4 is 10.1 Å². The first kappa shape index (κ1) is 19.3. The van der Waals surface area contributed by atoms with E-state index in [-0.39, 0.29) is 18.5 Å². The van der Waals surface area contributed by atoms with Gasteiger partial charge in [-0.1, -0.05) is 47.5 Å². The Morgan fingerprint density at radius 1 is 0.889 bits per heavy atom. The molecule has 0 aromatic heterocycles. The van der Waals surface area contributed by atoms with Crippen molar-refractivity contribution in [3.05, 3.63) is 58.6 Å². The average molecular weight is 408 g/mol. The molecule has 1 saturated heterocycles. The molecule has 0 atom stereocenters. The number of para-hydroxylation sites is 2. The summed E-state index contributed by atoms with van der Waals surface area (Å²) >= 11 is 12.1. The minimum atomic E-state index is -0.174. The van der Waals surface area contributed by atoms with Crippen LogP contribution in [0.5, 0.6) is 5.75 Å². The molecule has 142 valence electrons. The first-order chi connectivity index (χ1) is 13.0. The number of anilines is 1. The molecule has 1 aliphatic heterocycles. The van der Waals surface area contributed by atoms with Gasteiger partial charge in [0.1, 0.15) is 0 Å². The zero-order valence-electron chi connectivity index (χ0n) is 14.5. The topological polar surface area (TPSA) is 61.9 Å². The van der Waals surface area contributed by atoms with Crippen molar-refractivity contribution in [1.29, 1.82) is 0 Å². The minimum absolute atomic E-state index is 0.153. The molecule has 8 heteroatoms. The number of rotatable bonds is 4. The molecule has 1 N–H and O–H groups in total. The Morgan fingerprint density at radius 2 is 1.48 bits per heavy atom. The van der Waals surface area contributed by atoms with Gasteiger partial charge in [-0.25, -0.2) is 4.79 Å². The lowest BCUT2D eigenvalue weighted by Gasteiger charge is -2.34. The highest BCUT2D eigenvalue weighted by Gasteiger charge is 2.24. The van der Waals surface area contributed by atoms with Gasteiger partial charge in [0.25, 0.3) is 5.91 Å². The Balaban J connectivity index is 1.47. The van der Waals surface area contributed by atoms with E-state index in [1.54, 1.807) is 28.0 Å². The third-order valence-corrected chi connectivity index (χ3v) is 4.80. The van der Waals surface area contributed by atoms with Crippen molar-refractivity contribution in [2.45, 2.75) is 0 Å². The second-order valence-corrected chi connectivity index (χ2v) is 6.82. The van der Waals surface area contributed by atoms with Gasteiger partial charge in [0.15, 0.2) is 12.4 Å². The fraction of sp³-hybridized carbons (Fsp3) is 0.263. The largest absolute Gasteiger partial charge is 0.481 e. The summed E-state index contributed by atoms with van der Waals surface area (Å²) in [7, 11) is 0. The zero-order chi connectivity index (χ0) is 19.2. The SMILES string of the molecule is O=C(COc1c(Cl)cccc1Cl)N1CCN(C(=O)Nc2ccccc2)CC1. The number of carbonyl (C=O) groups excluding carboxylic acids is 2. The van der Waals surface area contributed by atoms with Crippen LogP contribution >= 0.6 is 23.2 Å². The summed E-state index contributed by atoms with van der Waals surface area (Å²) in [6.07, 6.45) is 0. The van der Waals surface area contributed by atoms with Crippen LogP contribution in [0.4, 0.5) is 10.5 Å². The number of urea groups is 1. The number of benzene rings is 2. The molecule has 3 rings (SSSR count). The monoisotopic (exact) mass is 407 g/mol. The number of ether oxygens (including phenoxy) is 1. The summed E-state index contributed by atoms with van der Waals surface area (Å²) in [6, 6.07) is 14.1. The van der Waals surface area contributed by atoms with Gasteiger partial charge in [-0.05, 0) is 24.3 Å². The molecule has 3 amide bonds. The van der Waals surface area contributed by atoms with Crippen LogP contribution in [0.1, 0.15) is 0 Å². The number of halogens is 2. The molecule has 1 aliphatic rings. The highest BCUT2D eigenvalue weighted by atomic mass is 35.5. The number of amides is 3. The van der Waals surface area contributed by atoms with Crippen LogP contribution in [0.3, 0.4) is 0 Å². The fourth-order valence-corrected chi connectivity index (χ4v) is 3.24. The van der Waals surface area contributed by atoms with E-state index in [4.69, 9.17) is 27.9 Å². The van der Waals surface area contributed by atoms with Crippen molar-refractivity contribution >= 4 is 40.8 Å². The lowest BCUT2D eigenvalue weighted by molar-refractivity contribution is -0.134. The van der Waals surface area contributed by atoms with Crippen molar-refractivity contribution < 1.29 is 14.3 Å². The smallest absolute Gasteiger partial charge is 0.321 e. The van der Waals surface area contributed by atoms with Gasteiger partial charge in [-0.3, -0.25) is 4.79 Å². The van der Waals surface area contributed by atoms with Gasteiger partial charge in [0.05, 0.1) is 10.0 Å². The van der Waals surface area contributed by atoms with Crippen LogP contribution in [-0.4, -0.2) is 54.5 Å². The number of carbonyl (C=O) groups is 2. The van der Waals surface area contributed by atoms with Gasteiger partial charge in [-0.2, -0.15) is 0 Å². The van der Waals surface area contributed by atoms with E-state index >= 15 is 0 Å². The molecule has 2 aromatic carbocycles. The number of hydrogen-bond acceptors (Lipinski definition) is 3. The molecule has 0 radical (unpaired) electrons. The molecule has 2 aromatic rings. The molecule has 0 spiro atoms. The lowest BCUT2D eigenvalue weighted by atomic mass is 10.3. The maximum atomic E-state index is 12.4. The van der Waals surface area contributed by atoms with Gasteiger partial charge in [0.2, 0.25) is 0 Å². The standard InChI is InChI=1S/C19H19Cl2N3O3/c20-15-7-4-8-16(21)18(15)27-13-17(25)23-9-11-24(12-10-23)19(26)22-14-5-2-1-3-6-14/h1-8H,9-13H2,(H,22,26). The molecule has 0 bridgehead atoms. The second-order valence-electron chi connectivity index (χ2n) is 6.00. The van der Waals surface area contributed by atoms with Crippen molar-refractivity contribution in [3.8, 4) is 5.75 Å². The normalized spacial score (nSPS) is 14.0. The predicted octanol–water partition coefficient (Wildman–Crippen LogP) is 3.75. The van der Waals surface area contributed by atoms with E-state index in [0.29, 0.717) is 42.0 Å². The van der Waals surface area contributed by atoms with Crippen molar-refractivity contribution in [2.75, 3.05) is 38.1 Å². The third kappa shape index (κ3) is 5.05. The second kappa shape index (κ2) is 8.97. The Bertz CT molecular complexity index is 789. The zero-order valence-corrected chi connectivity index (χ0v) is 16.0. The quantitative estimate of drug-likeness (QED) is 0.839.